The fourth-order valence-corrected chi connectivity index (χ4v) is 2.81. The third-order valence-corrected chi connectivity index (χ3v) is 4.15. The standard InChI is InChI=1S/C14H17ClN2O3/c1-16(11-5-3-2-4-6-11)14(18)10-7-8-12(15)13(9-10)17(19)20/h7-9,11H,2-6H2,1H3. The Kier molecular flexibility index (Phi) is 4.60. The number of carbonyl (C=O) groups is 1. The van der Waals surface area contributed by atoms with Crippen molar-refractivity contribution >= 4 is 23.2 Å². The van der Waals surface area contributed by atoms with Crippen LogP contribution >= 0.6 is 11.6 Å². The fourth-order valence-electron chi connectivity index (χ4n) is 2.62. The quantitative estimate of drug-likeness (QED) is 0.631. The summed E-state index contributed by atoms with van der Waals surface area (Å²) in [7, 11) is 1.76. The van der Waals surface area contributed by atoms with Crippen LogP contribution in [0.3, 0.4) is 0 Å². The molecular formula is C14H17ClN2O3. The Morgan fingerprint density at radius 1 is 1.35 bits per heavy atom. The van der Waals surface area contributed by atoms with Crippen LogP contribution in [0.5, 0.6) is 0 Å². The second-order valence-electron chi connectivity index (χ2n) is 5.13. The summed E-state index contributed by atoms with van der Waals surface area (Å²) in [4.78, 5) is 24.4. The average molecular weight is 297 g/mol. The minimum Gasteiger partial charge on any atom is -0.339 e. The lowest BCUT2D eigenvalue weighted by atomic mass is 9.94. The maximum Gasteiger partial charge on any atom is 0.288 e. The van der Waals surface area contributed by atoms with Gasteiger partial charge in [-0.25, -0.2) is 0 Å². The molecule has 0 bridgehead atoms. The first kappa shape index (κ1) is 14.8. The molecule has 0 N–H and O–H groups in total. The van der Waals surface area contributed by atoms with E-state index < -0.39 is 4.92 Å². The second kappa shape index (κ2) is 6.22. The highest BCUT2D eigenvalue weighted by atomic mass is 35.5. The summed E-state index contributed by atoms with van der Waals surface area (Å²) in [6.45, 7) is 0. The lowest BCUT2D eigenvalue weighted by molar-refractivity contribution is -0.384. The number of nitro benzene ring substituents is 1. The molecular weight excluding hydrogens is 280 g/mol. The Morgan fingerprint density at radius 3 is 2.60 bits per heavy atom. The van der Waals surface area contributed by atoms with Crippen LogP contribution in [-0.2, 0) is 0 Å². The molecule has 1 amide bonds. The van der Waals surface area contributed by atoms with Crippen LogP contribution in [0.1, 0.15) is 42.5 Å². The van der Waals surface area contributed by atoms with Crippen LogP contribution in [0.15, 0.2) is 18.2 Å². The van der Waals surface area contributed by atoms with Gasteiger partial charge in [0.1, 0.15) is 5.02 Å². The number of hydrogen-bond acceptors (Lipinski definition) is 3. The first-order valence-electron chi connectivity index (χ1n) is 6.72. The number of carbonyl (C=O) groups excluding carboxylic acids is 1. The topological polar surface area (TPSA) is 63.5 Å². The predicted molar refractivity (Wildman–Crippen MR) is 77.1 cm³/mol. The molecule has 1 aliphatic carbocycles. The minimum atomic E-state index is -0.570. The van der Waals surface area contributed by atoms with E-state index in [4.69, 9.17) is 11.6 Å². The Balaban J connectivity index is 2.19. The van der Waals surface area contributed by atoms with Crippen LogP contribution in [-0.4, -0.2) is 28.8 Å². The number of rotatable bonds is 3. The Labute approximate surface area is 122 Å². The molecule has 1 aliphatic rings. The Bertz CT molecular complexity index is 527. The van der Waals surface area contributed by atoms with Gasteiger partial charge in [0.15, 0.2) is 0 Å². The lowest BCUT2D eigenvalue weighted by Gasteiger charge is -2.31. The molecule has 2 rings (SSSR count). The van der Waals surface area contributed by atoms with E-state index in [0.717, 1.165) is 25.7 Å². The summed E-state index contributed by atoms with van der Waals surface area (Å²) in [6.07, 6.45) is 5.47. The number of amides is 1. The maximum atomic E-state index is 12.4. The first-order valence-corrected chi connectivity index (χ1v) is 7.09. The largest absolute Gasteiger partial charge is 0.339 e. The zero-order valence-corrected chi connectivity index (χ0v) is 12.1. The van der Waals surface area contributed by atoms with Crippen molar-refractivity contribution in [3.05, 3.63) is 38.9 Å². The summed E-state index contributed by atoms with van der Waals surface area (Å²) in [5.74, 6) is -0.184. The molecule has 5 nitrogen and oxygen atoms in total. The third-order valence-electron chi connectivity index (χ3n) is 3.83. The third kappa shape index (κ3) is 3.10. The van der Waals surface area contributed by atoms with E-state index >= 15 is 0 Å². The highest BCUT2D eigenvalue weighted by Gasteiger charge is 2.24. The zero-order valence-electron chi connectivity index (χ0n) is 11.3. The van der Waals surface area contributed by atoms with E-state index in [-0.39, 0.29) is 22.7 Å². The van der Waals surface area contributed by atoms with E-state index in [2.05, 4.69) is 0 Å². The van der Waals surface area contributed by atoms with Crippen LogP contribution in [0, 0.1) is 10.1 Å². The summed E-state index contributed by atoms with van der Waals surface area (Å²) in [5, 5.41) is 10.9. The number of nitrogens with zero attached hydrogens (tertiary/aromatic N) is 2. The number of benzene rings is 1. The van der Waals surface area contributed by atoms with Gasteiger partial charge in [0.2, 0.25) is 0 Å². The van der Waals surface area contributed by atoms with Crippen LogP contribution in [0.2, 0.25) is 5.02 Å². The van der Waals surface area contributed by atoms with Crippen molar-refractivity contribution in [2.75, 3.05) is 7.05 Å². The van der Waals surface area contributed by atoms with Crippen molar-refractivity contribution in [2.45, 2.75) is 38.1 Å². The molecule has 1 aromatic rings. The van der Waals surface area contributed by atoms with Crippen molar-refractivity contribution in [2.24, 2.45) is 0 Å². The van der Waals surface area contributed by atoms with Crippen LogP contribution < -0.4 is 0 Å². The molecule has 0 radical (unpaired) electrons. The van der Waals surface area contributed by atoms with Gasteiger partial charge in [-0.15, -0.1) is 0 Å². The minimum absolute atomic E-state index is 0.0480. The van der Waals surface area contributed by atoms with Gasteiger partial charge in [-0.05, 0) is 25.0 Å². The molecule has 6 heteroatoms. The Morgan fingerprint density at radius 2 is 2.00 bits per heavy atom. The second-order valence-corrected chi connectivity index (χ2v) is 5.54. The van der Waals surface area contributed by atoms with Gasteiger partial charge in [-0.3, -0.25) is 14.9 Å². The fraction of sp³-hybridized carbons (Fsp3) is 0.500. The molecule has 1 aromatic carbocycles. The van der Waals surface area contributed by atoms with Gasteiger partial charge >= 0.3 is 0 Å². The average Bonchev–Trinajstić information content (AvgIpc) is 2.47. The zero-order chi connectivity index (χ0) is 14.7. The van der Waals surface area contributed by atoms with E-state index in [0.29, 0.717) is 5.56 Å². The molecule has 0 atom stereocenters. The number of nitro groups is 1. The molecule has 0 heterocycles. The van der Waals surface area contributed by atoms with E-state index in [1.165, 1.54) is 24.6 Å². The van der Waals surface area contributed by atoms with E-state index in [1.807, 2.05) is 0 Å². The number of hydrogen-bond donors (Lipinski definition) is 0. The molecule has 0 spiro atoms. The highest BCUT2D eigenvalue weighted by molar-refractivity contribution is 6.32. The van der Waals surface area contributed by atoms with Crippen molar-refractivity contribution < 1.29 is 9.72 Å². The predicted octanol–water partition coefficient (Wildman–Crippen LogP) is 3.65. The summed E-state index contributed by atoms with van der Waals surface area (Å²) >= 11 is 5.76. The van der Waals surface area contributed by atoms with Gasteiger partial charge in [-0.1, -0.05) is 30.9 Å². The molecule has 0 saturated heterocycles. The SMILES string of the molecule is CN(C(=O)c1ccc(Cl)c([N+](=O)[O-])c1)C1CCCCC1. The molecule has 108 valence electrons. The molecule has 0 aromatic heterocycles. The van der Waals surface area contributed by atoms with Crippen molar-refractivity contribution in [1.29, 1.82) is 0 Å². The van der Waals surface area contributed by atoms with Crippen LogP contribution in [0.25, 0.3) is 0 Å². The maximum absolute atomic E-state index is 12.4. The molecule has 1 saturated carbocycles. The summed E-state index contributed by atoms with van der Waals surface area (Å²) < 4.78 is 0. The number of halogens is 1. The van der Waals surface area contributed by atoms with Gasteiger partial charge < -0.3 is 4.90 Å². The molecule has 20 heavy (non-hydrogen) atoms. The van der Waals surface area contributed by atoms with Gasteiger partial charge in [0.05, 0.1) is 4.92 Å². The Hall–Kier alpha value is -1.62. The highest BCUT2D eigenvalue weighted by Crippen LogP contribution is 2.27. The monoisotopic (exact) mass is 296 g/mol. The van der Waals surface area contributed by atoms with Crippen molar-refractivity contribution in [1.82, 2.24) is 4.90 Å². The van der Waals surface area contributed by atoms with Crippen molar-refractivity contribution in [3.63, 3.8) is 0 Å². The lowest BCUT2D eigenvalue weighted by Crippen LogP contribution is -2.38. The van der Waals surface area contributed by atoms with Gasteiger partial charge in [0.25, 0.3) is 11.6 Å². The van der Waals surface area contributed by atoms with Crippen LogP contribution in [0.4, 0.5) is 5.69 Å². The molecule has 0 aliphatic heterocycles. The summed E-state index contributed by atoms with van der Waals surface area (Å²) in [6, 6.07) is 4.42. The van der Waals surface area contributed by atoms with Crippen molar-refractivity contribution in [3.8, 4) is 0 Å². The van der Waals surface area contributed by atoms with Gasteiger partial charge in [-0.2, -0.15) is 0 Å². The smallest absolute Gasteiger partial charge is 0.288 e. The molecule has 1 fully saturated rings. The normalized spacial score (nSPS) is 15.9. The summed E-state index contributed by atoms with van der Waals surface area (Å²) in [5.41, 5.74) is 0.0868. The first-order chi connectivity index (χ1) is 9.50. The van der Waals surface area contributed by atoms with E-state index in [9.17, 15) is 14.9 Å². The van der Waals surface area contributed by atoms with Gasteiger partial charge in [0, 0.05) is 24.7 Å². The van der Waals surface area contributed by atoms with E-state index in [1.54, 1.807) is 11.9 Å². The molecule has 0 unspecified atom stereocenters.